The fourth-order valence-electron chi connectivity index (χ4n) is 10.1. The first kappa shape index (κ1) is 33.7. The van der Waals surface area contributed by atoms with Crippen molar-refractivity contribution < 1.29 is 0 Å². The van der Waals surface area contributed by atoms with Gasteiger partial charge in [-0.05, 0) is 72.6 Å². The van der Waals surface area contributed by atoms with Crippen LogP contribution in [0.4, 0.5) is 0 Å². The molecule has 4 heteroatoms. The van der Waals surface area contributed by atoms with E-state index in [9.17, 15) is 0 Å². The zero-order valence-corrected chi connectivity index (χ0v) is 33.4. The lowest BCUT2D eigenvalue weighted by atomic mass is 9.66. The van der Waals surface area contributed by atoms with Crippen molar-refractivity contribution in [2.75, 3.05) is 0 Å². The summed E-state index contributed by atoms with van der Waals surface area (Å²) in [4.78, 5) is 5.96. The van der Waals surface area contributed by atoms with Gasteiger partial charge in [0.25, 0.3) is 0 Å². The van der Waals surface area contributed by atoms with Gasteiger partial charge in [0.05, 0.1) is 15.7 Å². The molecule has 0 N–H and O–H groups in total. The molecule has 0 saturated carbocycles. The summed E-state index contributed by atoms with van der Waals surface area (Å²) in [5.41, 5.74) is 11.8. The molecule has 0 bridgehead atoms. The summed E-state index contributed by atoms with van der Waals surface area (Å²) in [6.45, 7) is 0. The van der Waals surface area contributed by atoms with Crippen LogP contribution in [0.15, 0.2) is 210 Å². The third-order valence-electron chi connectivity index (χ3n) is 12.7. The van der Waals surface area contributed by atoms with Crippen molar-refractivity contribution >= 4 is 115 Å². The third kappa shape index (κ3) is 4.86. The van der Waals surface area contributed by atoms with Crippen LogP contribution in [0.3, 0.4) is 0 Å². The Kier molecular flexibility index (Phi) is 7.37. The van der Waals surface area contributed by atoms with Gasteiger partial charge in [-0.3, -0.25) is 4.57 Å². The average Bonchev–Trinajstić information content (AvgIpc) is 3.96. The highest BCUT2D eigenvalue weighted by Gasteiger charge is 2.32. The molecule has 9 aromatic carbocycles. The largest absolute Gasteiger partial charge is 0.292 e. The Hall–Kier alpha value is -7.27. The SMILES string of the molecule is [B]1C2=C(CC=C(c3ccccc3)C(n3c4ccc5ccccc5c4c4c5ccccc5c5c6ccc7ccccc7c6sc5c43)=N2)C(c2ccccc2)=C1c1ccccc1. The Bertz CT molecular complexity index is 3740. The summed E-state index contributed by atoms with van der Waals surface area (Å²) < 4.78 is 5.14. The van der Waals surface area contributed by atoms with Crippen LogP contribution >= 0.6 is 11.3 Å². The van der Waals surface area contributed by atoms with Crippen LogP contribution in [-0.2, 0) is 0 Å². The third-order valence-corrected chi connectivity index (χ3v) is 13.9. The number of aliphatic imine (C=N–C) groups is 1. The van der Waals surface area contributed by atoms with Gasteiger partial charge in [0, 0.05) is 37.4 Å². The molecular formula is C56H34BN2S. The summed E-state index contributed by atoms with van der Waals surface area (Å²) in [7, 11) is 2.34. The van der Waals surface area contributed by atoms with E-state index < -0.39 is 0 Å². The minimum absolute atomic E-state index is 0.747. The summed E-state index contributed by atoms with van der Waals surface area (Å²) in [5.74, 6) is 0.943. The van der Waals surface area contributed by atoms with Crippen LogP contribution < -0.4 is 0 Å². The number of hydrogen-bond acceptors (Lipinski definition) is 2. The highest BCUT2D eigenvalue weighted by molar-refractivity contribution is 7.27. The standard InChI is InChI=1S/C56H34BN2S/c1-4-16-34(17-5-1)41-31-32-45-47(37-20-6-2-7-21-37)51(38-22-8-3-9-23-38)57-55(45)58-56(41)59-46-33-29-35-18-10-12-24-39(35)49(46)50-43-27-15-14-26-42(43)48-44-30-28-36-19-11-13-25-40(36)53(44)60-54(48)52(50)59/h1-31,33H,32H2. The van der Waals surface area contributed by atoms with Crippen molar-refractivity contribution in [2.45, 2.75) is 6.42 Å². The Morgan fingerprint density at radius 2 is 1.05 bits per heavy atom. The van der Waals surface area contributed by atoms with Crippen LogP contribution in [0.5, 0.6) is 0 Å². The summed E-state index contributed by atoms with van der Waals surface area (Å²) in [6.07, 6.45) is 3.19. The Morgan fingerprint density at radius 1 is 0.467 bits per heavy atom. The maximum atomic E-state index is 5.96. The zero-order valence-electron chi connectivity index (χ0n) is 32.6. The molecule has 0 saturated heterocycles. The van der Waals surface area contributed by atoms with Gasteiger partial charge < -0.3 is 0 Å². The van der Waals surface area contributed by atoms with Gasteiger partial charge in [0.15, 0.2) is 0 Å². The molecule has 2 aliphatic rings. The molecule has 0 aliphatic carbocycles. The second kappa shape index (κ2) is 13.1. The molecule has 2 nitrogen and oxygen atoms in total. The maximum absolute atomic E-state index is 5.96. The molecule has 0 unspecified atom stereocenters. The van der Waals surface area contributed by atoms with E-state index in [1.165, 1.54) is 96.5 Å². The van der Waals surface area contributed by atoms with Crippen LogP contribution in [0.25, 0.3) is 90.9 Å². The van der Waals surface area contributed by atoms with Gasteiger partial charge in [0.1, 0.15) is 5.84 Å². The lowest BCUT2D eigenvalue weighted by Crippen LogP contribution is -2.15. The van der Waals surface area contributed by atoms with Crippen molar-refractivity contribution in [3.63, 3.8) is 0 Å². The van der Waals surface area contributed by atoms with Crippen molar-refractivity contribution in [3.8, 4) is 0 Å². The lowest BCUT2D eigenvalue weighted by molar-refractivity contribution is 1.25. The molecule has 4 heterocycles. The Balaban J connectivity index is 1.21. The second-order valence-corrected chi connectivity index (χ2v) is 16.9. The van der Waals surface area contributed by atoms with E-state index in [4.69, 9.17) is 4.99 Å². The molecule has 0 spiro atoms. The van der Waals surface area contributed by atoms with Gasteiger partial charge >= 0.3 is 0 Å². The smallest absolute Gasteiger partial charge is 0.219 e. The number of aromatic nitrogens is 1. The van der Waals surface area contributed by atoms with E-state index in [1.807, 2.05) is 11.3 Å². The monoisotopic (exact) mass is 777 g/mol. The van der Waals surface area contributed by atoms with Crippen molar-refractivity contribution in [2.24, 2.45) is 4.99 Å². The highest BCUT2D eigenvalue weighted by atomic mass is 32.1. The topological polar surface area (TPSA) is 17.3 Å². The first-order valence-corrected chi connectivity index (χ1v) is 21.5. The molecule has 2 aliphatic heterocycles. The minimum Gasteiger partial charge on any atom is -0.292 e. The molecule has 1 radical (unpaired) electrons. The predicted octanol–water partition coefficient (Wildman–Crippen LogP) is 14.9. The normalized spacial score (nSPS) is 14.5. The highest BCUT2D eigenvalue weighted by Crippen LogP contribution is 2.51. The summed E-state index contributed by atoms with van der Waals surface area (Å²) in [5, 5.41) is 12.7. The number of nitrogens with zero attached hydrogens (tertiary/aromatic N) is 2. The van der Waals surface area contributed by atoms with E-state index in [0.717, 1.165) is 34.5 Å². The predicted molar refractivity (Wildman–Crippen MR) is 259 cm³/mol. The molecule has 2 aromatic heterocycles. The first-order chi connectivity index (χ1) is 29.8. The Morgan fingerprint density at radius 3 is 1.78 bits per heavy atom. The second-order valence-electron chi connectivity index (χ2n) is 15.9. The van der Waals surface area contributed by atoms with E-state index in [0.29, 0.717) is 0 Å². The number of rotatable bonds is 3. The molecule has 0 fully saturated rings. The number of hydrogen-bond donors (Lipinski definition) is 0. The number of benzene rings is 9. The van der Waals surface area contributed by atoms with Gasteiger partial charge in [-0.2, -0.15) is 0 Å². The molecule has 11 aromatic rings. The zero-order chi connectivity index (χ0) is 39.3. The fourth-order valence-corrected chi connectivity index (χ4v) is 11.5. The quantitative estimate of drug-likeness (QED) is 0.159. The Labute approximate surface area is 351 Å². The van der Waals surface area contributed by atoms with Crippen molar-refractivity contribution in [3.05, 3.63) is 222 Å². The molecule has 0 amide bonds. The van der Waals surface area contributed by atoms with Gasteiger partial charge in [-0.1, -0.05) is 194 Å². The average molecular weight is 778 g/mol. The van der Waals surface area contributed by atoms with Gasteiger partial charge in [0.2, 0.25) is 7.28 Å². The number of allylic oxidation sites excluding steroid dienone is 4. The van der Waals surface area contributed by atoms with E-state index >= 15 is 0 Å². The van der Waals surface area contributed by atoms with E-state index in [1.54, 1.807) is 0 Å². The van der Waals surface area contributed by atoms with Gasteiger partial charge in [-0.15, -0.1) is 11.3 Å². The van der Waals surface area contributed by atoms with Crippen LogP contribution in [-0.4, -0.2) is 17.7 Å². The van der Waals surface area contributed by atoms with Gasteiger partial charge in [-0.25, -0.2) is 4.99 Å². The number of fused-ring (bicyclic) bond motifs is 14. The van der Waals surface area contributed by atoms with Crippen LogP contribution in [0, 0.1) is 0 Å². The fraction of sp³-hybridized carbons (Fsp3) is 0.0179. The van der Waals surface area contributed by atoms with E-state index in [-0.39, 0.29) is 0 Å². The van der Waals surface area contributed by atoms with Crippen LogP contribution in [0.2, 0.25) is 0 Å². The van der Waals surface area contributed by atoms with Crippen LogP contribution in [0.1, 0.15) is 23.1 Å². The molecule has 13 rings (SSSR count). The first-order valence-electron chi connectivity index (χ1n) is 20.7. The molecule has 0 atom stereocenters. The lowest BCUT2D eigenvalue weighted by Gasteiger charge is -2.17. The summed E-state index contributed by atoms with van der Waals surface area (Å²) >= 11 is 1.93. The van der Waals surface area contributed by atoms with Crippen molar-refractivity contribution in [1.82, 2.24) is 4.57 Å². The summed E-state index contributed by atoms with van der Waals surface area (Å²) in [6, 6.07) is 68.6. The molecule has 277 valence electrons. The maximum Gasteiger partial charge on any atom is 0.219 e. The number of thiophene rings is 1. The molecular weight excluding hydrogens is 744 g/mol. The van der Waals surface area contributed by atoms with E-state index in [2.05, 4.69) is 206 Å². The molecule has 60 heavy (non-hydrogen) atoms. The minimum atomic E-state index is 0.747. The van der Waals surface area contributed by atoms with Crippen molar-refractivity contribution in [1.29, 1.82) is 0 Å².